The van der Waals surface area contributed by atoms with E-state index < -0.39 is 23.2 Å². The third-order valence-electron chi connectivity index (χ3n) is 6.84. The molecule has 1 saturated carbocycles. The molecule has 1 N–H and O–H groups in total. The fourth-order valence-electron chi connectivity index (χ4n) is 4.28. The summed E-state index contributed by atoms with van der Waals surface area (Å²) in [6.07, 6.45) is 3.17. The second-order valence-electron chi connectivity index (χ2n) is 9.38. The lowest BCUT2D eigenvalue weighted by molar-refractivity contribution is -0.137. The summed E-state index contributed by atoms with van der Waals surface area (Å²) in [6.45, 7) is 6.11. The number of allylic oxidation sites excluding steroid dienone is 2. The molecule has 2 amide bonds. The van der Waals surface area contributed by atoms with Gasteiger partial charge in [-0.05, 0) is 75.4 Å². The first kappa shape index (κ1) is 28.2. The predicted molar refractivity (Wildman–Crippen MR) is 137 cm³/mol. The Morgan fingerprint density at radius 1 is 1.14 bits per heavy atom. The highest BCUT2D eigenvalue weighted by Crippen LogP contribution is 2.33. The normalized spacial score (nSPS) is 15.2. The number of anilines is 1. The van der Waals surface area contributed by atoms with E-state index in [1.54, 1.807) is 29.5 Å². The molecule has 1 fully saturated rings. The Kier molecular flexibility index (Phi) is 9.29. The van der Waals surface area contributed by atoms with E-state index in [2.05, 4.69) is 18.3 Å². The van der Waals surface area contributed by atoms with Crippen LogP contribution in [-0.4, -0.2) is 28.5 Å². The van der Waals surface area contributed by atoms with E-state index >= 15 is 0 Å². The molecule has 1 aliphatic carbocycles. The highest BCUT2D eigenvalue weighted by molar-refractivity contribution is 6.06. The minimum atomic E-state index is -4.64. The van der Waals surface area contributed by atoms with Gasteiger partial charge in [0.1, 0.15) is 5.78 Å². The number of nitrogens with zero attached hydrogens (tertiary/aromatic N) is 1. The van der Waals surface area contributed by atoms with Crippen LogP contribution < -0.4 is 5.32 Å². The average molecular weight is 515 g/mol. The molecule has 2 aliphatic rings. The van der Waals surface area contributed by atoms with Crippen molar-refractivity contribution in [2.45, 2.75) is 78.1 Å². The van der Waals surface area contributed by atoms with Gasteiger partial charge in [-0.2, -0.15) is 13.2 Å². The van der Waals surface area contributed by atoms with Crippen molar-refractivity contribution in [3.05, 3.63) is 76.4 Å². The number of alkyl halides is 3. The van der Waals surface area contributed by atoms with Crippen LogP contribution in [0.2, 0.25) is 0 Å². The largest absolute Gasteiger partial charge is 0.417 e. The first-order chi connectivity index (χ1) is 17.5. The summed E-state index contributed by atoms with van der Waals surface area (Å²) >= 11 is 0. The number of rotatable bonds is 7. The molecule has 2 aromatic rings. The van der Waals surface area contributed by atoms with E-state index in [0.717, 1.165) is 12.1 Å². The third-order valence-corrected chi connectivity index (χ3v) is 6.84. The molecule has 198 valence electrons. The number of hydrogen-bond donors (Lipinski definition) is 1. The molecule has 0 radical (unpaired) electrons. The molecule has 1 atom stereocenters. The summed E-state index contributed by atoms with van der Waals surface area (Å²) in [5.74, 6) is -0.896. The Morgan fingerprint density at radius 2 is 1.84 bits per heavy atom. The van der Waals surface area contributed by atoms with E-state index in [1.165, 1.54) is 37.5 Å². The summed E-state index contributed by atoms with van der Waals surface area (Å²) in [5.41, 5.74) is 1.65. The summed E-state index contributed by atoms with van der Waals surface area (Å²) in [6, 6.07) is 9.11. The van der Waals surface area contributed by atoms with Gasteiger partial charge in [0.15, 0.2) is 0 Å². The zero-order valence-electron chi connectivity index (χ0n) is 21.5. The zero-order valence-corrected chi connectivity index (χ0v) is 21.5. The highest BCUT2D eigenvalue weighted by Gasteiger charge is 2.35. The predicted octanol–water partition coefficient (Wildman–Crippen LogP) is 7.18. The van der Waals surface area contributed by atoms with E-state index in [-0.39, 0.29) is 17.7 Å². The van der Waals surface area contributed by atoms with Crippen LogP contribution in [0.5, 0.6) is 0 Å². The molecule has 8 heteroatoms. The van der Waals surface area contributed by atoms with Gasteiger partial charge in [0.25, 0.3) is 11.8 Å². The number of carbonyl (C=O) groups is 3. The van der Waals surface area contributed by atoms with Crippen molar-refractivity contribution in [3.63, 3.8) is 0 Å². The van der Waals surface area contributed by atoms with Gasteiger partial charge in [-0.25, -0.2) is 0 Å². The smallest absolute Gasteiger partial charge is 0.332 e. The number of fused-ring (bicyclic) bond motifs is 1. The maximum Gasteiger partial charge on any atom is 0.417 e. The standard InChI is InChI=1S/C23H23F3N2O3.C6H10/c1-3-17(29)10-8-14(2)28-13-15-12-16(9-11-18(15)22(28)31)27-21(30)19-6-4-5-7-20(19)23(24,25)26;1-2-6-4-3-5-6/h4-7,9,11-12,14H,3,8,10,13H2,1-2H3,(H,27,30);2H,3-5H2,1H3. The van der Waals surface area contributed by atoms with Crippen LogP contribution in [0.4, 0.5) is 18.9 Å². The number of carbonyl (C=O) groups excluding carboxylic acids is 3. The van der Waals surface area contributed by atoms with Crippen LogP contribution in [-0.2, 0) is 17.5 Å². The maximum absolute atomic E-state index is 13.2. The number of halogens is 3. The van der Waals surface area contributed by atoms with E-state index in [9.17, 15) is 27.6 Å². The number of Topliss-reactive ketones (excluding diaryl/α,β-unsaturated/α-hetero) is 1. The molecular weight excluding hydrogens is 481 g/mol. The van der Waals surface area contributed by atoms with Gasteiger partial charge in [0.2, 0.25) is 0 Å². The molecule has 1 aliphatic heterocycles. The van der Waals surface area contributed by atoms with Crippen molar-refractivity contribution in [1.29, 1.82) is 0 Å². The zero-order chi connectivity index (χ0) is 27.2. The molecule has 0 spiro atoms. The topological polar surface area (TPSA) is 66.5 Å². The van der Waals surface area contributed by atoms with Gasteiger partial charge >= 0.3 is 6.18 Å². The lowest BCUT2D eigenvalue weighted by atomic mass is 9.93. The molecular formula is C29H33F3N2O3. The van der Waals surface area contributed by atoms with Crippen molar-refractivity contribution < 1.29 is 27.6 Å². The molecule has 0 bridgehead atoms. The van der Waals surface area contributed by atoms with Gasteiger partial charge < -0.3 is 10.2 Å². The Labute approximate surface area is 215 Å². The van der Waals surface area contributed by atoms with Gasteiger partial charge in [-0.3, -0.25) is 14.4 Å². The van der Waals surface area contributed by atoms with Crippen LogP contribution >= 0.6 is 0 Å². The number of hydrogen-bond acceptors (Lipinski definition) is 3. The average Bonchev–Trinajstić information content (AvgIpc) is 3.17. The van der Waals surface area contributed by atoms with E-state index in [4.69, 9.17) is 0 Å². The van der Waals surface area contributed by atoms with Crippen LogP contribution in [0.3, 0.4) is 0 Å². The fourth-order valence-corrected chi connectivity index (χ4v) is 4.28. The maximum atomic E-state index is 13.2. The molecule has 37 heavy (non-hydrogen) atoms. The van der Waals surface area contributed by atoms with Gasteiger partial charge in [-0.15, -0.1) is 0 Å². The summed E-state index contributed by atoms with van der Waals surface area (Å²) in [4.78, 5) is 38.4. The molecule has 1 unspecified atom stereocenters. The first-order valence-electron chi connectivity index (χ1n) is 12.6. The monoisotopic (exact) mass is 514 g/mol. The van der Waals surface area contributed by atoms with Crippen LogP contribution in [0.1, 0.15) is 91.1 Å². The Balaban J connectivity index is 0.000000555. The molecule has 4 rings (SSSR count). The van der Waals surface area contributed by atoms with Crippen molar-refractivity contribution in [2.24, 2.45) is 0 Å². The number of benzene rings is 2. The summed E-state index contributed by atoms with van der Waals surface area (Å²) < 4.78 is 39.5. The van der Waals surface area contributed by atoms with Gasteiger partial charge in [0.05, 0.1) is 11.1 Å². The third kappa shape index (κ3) is 7.08. The molecule has 1 heterocycles. The van der Waals surface area contributed by atoms with E-state index in [1.807, 2.05) is 6.92 Å². The number of nitrogens with one attached hydrogen (secondary N) is 1. The fraction of sp³-hybridized carbons (Fsp3) is 0.414. The second kappa shape index (κ2) is 12.2. The Bertz CT molecular complexity index is 1180. The lowest BCUT2D eigenvalue weighted by Gasteiger charge is -2.24. The molecule has 0 saturated heterocycles. The van der Waals surface area contributed by atoms with Gasteiger partial charge in [0, 0.05) is 36.7 Å². The van der Waals surface area contributed by atoms with E-state index in [0.29, 0.717) is 42.6 Å². The quantitative estimate of drug-likeness (QED) is 0.398. The highest BCUT2D eigenvalue weighted by atomic mass is 19.4. The first-order valence-corrected chi connectivity index (χ1v) is 12.6. The molecule has 0 aromatic heterocycles. The van der Waals surface area contributed by atoms with Crippen molar-refractivity contribution in [3.8, 4) is 0 Å². The van der Waals surface area contributed by atoms with Crippen LogP contribution in [0.25, 0.3) is 0 Å². The van der Waals surface area contributed by atoms with Crippen LogP contribution in [0, 0.1) is 0 Å². The van der Waals surface area contributed by atoms with Crippen LogP contribution in [0.15, 0.2) is 54.1 Å². The molecule has 2 aromatic carbocycles. The van der Waals surface area contributed by atoms with Crippen molar-refractivity contribution in [2.75, 3.05) is 5.32 Å². The summed E-state index contributed by atoms with van der Waals surface area (Å²) in [7, 11) is 0. The van der Waals surface area contributed by atoms with Crippen molar-refractivity contribution in [1.82, 2.24) is 4.90 Å². The minimum absolute atomic E-state index is 0.132. The summed E-state index contributed by atoms with van der Waals surface area (Å²) in [5, 5.41) is 2.49. The number of ketones is 1. The second-order valence-corrected chi connectivity index (χ2v) is 9.38. The SMILES string of the molecule is CC=C1CCC1.CCC(=O)CCC(C)N1Cc2cc(NC(=O)c3ccccc3C(F)(F)F)ccc2C1=O. The van der Waals surface area contributed by atoms with Gasteiger partial charge in [-0.1, -0.05) is 30.7 Å². The van der Waals surface area contributed by atoms with Crippen molar-refractivity contribution >= 4 is 23.3 Å². The molecule has 5 nitrogen and oxygen atoms in total. The minimum Gasteiger partial charge on any atom is -0.332 e. The lowest BCUT2D eigenvalue weighted by Crippen LogP contribution is -2.33. The number of amides is 2. The Hall–Kier alpha value is -3.42. The Morgan fingerprint density at radius 3 is 2.41 bits per heavy atom.